The van der Waals surface area contributed by atoms with E-state index in [1.165, 1.54) is 19.0 Å². The van der Waals surface area contributed by atoms with Crippen LogP contribution in [0.3, 0.4) is 0 Å². The Morgan fingerprint density at radius 1 is 1.12 bits per heavy atom. The Morgan fingerprint density at radius 3 is 2.54 bits per heavy atom. The molecule has 0 bridgehead atoms. The van der Waals surface area contributed by atoms with Gasteiger partial charge in [-0.05, 0) is 30.5 Å². The minimum absolute atomic E-state index is 0.157. The number of anilines is 1. The van der Waals surface area contributed by atoms with Gasteiger partial charge in [-0.1, -0.05) is 18.9 Å². The lowest BCUT2D eigenvalue weighted by Crippen LogP contribution is -2.33. The van der Waals surface area contributed by atoms with Gasteiger partial charge >= 0.3 is 0 Å². The van der Waals surface area contributed by atoms with Gasteiger partial charge in [0.05, 0.1) is 26.6 Å². The van der Waals surface area contributed by atoms with Crippen LogP contribution in [-0.4, -0.2) is 36.1 Å². The van der Waals surface area contributed by atoms with E-state index in [9.17, 15) is 4.79 Å². The molecule has 0 unspecified atom stereocenters. The van der Waals surface area contributed by atoms with Crippen LogP contribution in [0.25, 0.3) is 0 Å². The summed E-state index contributed by atoms with van der Waals surface area (Å²) in [4.78, 5) is 20.7. The number of amides is 1. The first-order valence-electron chi connectivity index (χ1n) is 8.77. The monoisotopic (exact) mass is 356 g/mol. The summed E-state index contributed by atoms with van der Waals surface area (Å²) in [6.07, 6.45) is 7.52. The van der Waals surface area contributed by atoms with Crippen molar-refractivity contribution in [3.8, 4) is 11.5 Å². The first-order chi connectivity index (χ1) is 12.7. The maximum absolute atomic E-state index is 12.2. The molecule has 1 saturated carbocycles. The van der Waals surface area contributed by atoms with Crippen LogP contribution in [0.4, 0.5) is 5.82 Å². The van der Waals surface area contributed by atoms with Crippen molar-refractivity contribution in [2.45, 2.75) is 38.3 Å². The molecular formula is C19H24N4O3. The molecule has 0 radical (unpaired) electrons. The number of carbonyl (C=O) groups is 1. The third-order valence-corrected chi connectivity index (χ3v) is 4.50. The number of hydrogen-bond donors (Lipinski definition) is 2. The average Bonchev–Trinajstić information content (AvgIpc) is 3.19. The van der Waals surface area contributed by atoms with Gasteiger partial charge < -0.3 is 20.1 Å². The highest BCUT2D eigenvalue weighted by Crippen LogP contribution is 2.27. The van der Waals surface area contributed by atoms with Crippen LogP contribution in [0.15, 0.2) is 30.6 Å². The van der Waals surface area contributed by atoms with Crippen molar-refractivity contribution in [2.24, 2.45) is 0 Å². The SMILES string of the molecule is COc1ccc(CNc2cnc(C(=O)NC3CCCC3)cn2)cc1OC. The summed E-state index contributed by atoms with van der Waals surface area (Å²) in [5, 5.41) is 6.20. The minimum atomic E-state index is -0.157. The molecule has 1 aliphatic rings. The third-order valence-electron chi connectivity index (χ3n) is 4.50. The molecule has 0 spiro atoms. The summed E-state index contributed by atoms with van der Waals surface area (Å²) in [6, 6.07) is 5.98. The summed E-state index contributed by atoms with van der Waals surface area (Å²) >= 11 is 0. The third kappa shape index (κ3) is 4.41. The number of benzene rings is 1. The molecule has 0 aliphatic heterocycles. The van der Waals surface area contributed by atoms with Crippen LogP contribution in [0.5, 0.6) is 11.5 Å². The number of nitrogens with zero attached hydrogens (tertiary/aromatic N) is 2. The number of aromatic nitrogens is 2. The van der Waals surface area contributed by atoms with Crippen LogP contribution in [0.1, 0.15) is 41.7 Å². The Morgan fingerprint density at radius 2 is 1.88 bits per heavy atom. The second kappa shape index (κ2) is 8.51. The van der Waals surface area contributed by atoms with Gasteiger partial charge in [0, 0.05) is 12.6 Å². The highest BCUT2D eigenvalue weighted by Gasteiger charge is 2.18. The van der Waals surface area contributed by atoms with Gasteiger partial charge in [0.2, 0.25) is 0 Å². The molecule has 1 amide bonds. The van der Waals surface area contributed by atoms with E-state index in [2.05, 4.69) is 20.6 Å². The second-order valence-corrected chi connectivity index (χ2v) is 6.28. The lowest BCUT2D eigenvalue weighted by atomic mass is 10.2. The molecular weight excluding hydrogens is 332 g/mol. The van der Waals surface area contributed by atoms with E-state index in [1.807, 2.05) is 18.2 Å². The van der Waals surface area contributed by atoms with Crippen LogP contribution < -0.4 is 20.1 Å². The lowest BCUT2D eigenvalue weighted by Gasteiger charge is -2.12. The van der Waals surface area contributed by atoms with E-state index >= 15 is 0 Å². The Bertz CT molecular complexity index is 743. The molecule has 7 heteroatoms. The molecule has 3 rings (SSSR count). The molecule has 2 N–H and O–H groups in total. The molecule has 138 valence electrons. The van der Waals surface area contributed by atoms with Gasteiger partial charge in [-0.15, -0.1) is 0 Å². The number of carbonyl (C=O) groups excluding carboxylic acids is 1. The molecule has 2 aromatic rings. The first kappa shape index (κ1) is 18.0. The van der Waals surface area contributed by atoms with Crippen molar-refractivity contribution in [2.75, 3.05) is 19.5 Å². The molecule has 1 aromatic carbocycles. The van der Waals surface area contributed by atoms with E-state index in [1.54, 1.807) is 20.4 Å². The lowest BCUT2D eigenvalue weighted by molar-refractivity contribution is 0.0932. The Hall–Kier alpha value is -2.83. The Labute approximate surface area is 153 Å². The van der Waals surface area contributed by atoms with Crippen LogP contribution in [-0.2, 0) is 6.54 Å². The molecule has 26 heavy (non-hydrogen) atoms. The van der Waals surface area contributed by atoms with Crippen LogP contribution in [0, 0.1) is 0 Å². The van der Waals surface area contributed by atoms with Gasteiger partial charge in [-0.3, -0.25) is 4.79 Å². The number of hydrogen-bond acceptors (Lipinski definition) is 6. The zero-order valence-electron chi connectivity index (χ0n) is 15.1. The summed E-state index contributed by atoms with van der Waals surface area (Å²) < 4.78 is 10.5. The van der Waals surface area contributed by atoms with E-state index < -0.39 is 0 Å². The predicted octanol–water partition coefficient (Wildman–Crippen LogP) is 2.78. The Balaban J connectivity index is 1.56. The molecule has 1 aromatic heterocycles. The van der Waals surface area contributed by atoms with E-state index in [-0.39, 0.29) is 11.9 Å². The molecule has 7 nitrogen and oxygen atoms in total. The largest absolute Gasteiger partial charge is 0.493 e. The zero-order valence-corrected chi connectivity index (χ0v) is 15.1. The van der Waals surface area contributed by atoms with Gasteiger partial charge in [0.1, 0.15) is 11.5 Å². The van der Waals surface area contributed by atoms with Crippen LogP contribution >= 0.6 is 0 Å². The fourth-order valence-corrected chi connectivity index (χ4v) is 3.05. The summed E-state index contributed by atoms with van der Waals surface area (Å²) in [7, 11) is 3.21. The van der Waals surface area contributed by atoms with Crippen molar-refractivity contribution in [1.29, 1.82) is 0 Å². The number of nitrogens with one attached hydrogen (secondary N) is 2. The van der Waals surface area contributed by atoms with Crippen molar-refractivity contribution in [3.63, 3.8) is 0 Å². The van der Waals surface area contributed by atoms with Gasteiger partial charge in [0.25, 0.3) is 5.91 Å². The smallest absolute Gasteiger partial charge is 0.271 e. The predicted molar refractivity (Wildman–Crippen MR) is 98.6 cm³/mol. The molecule has 1 fully saturated rings. The van der Waals surface area contributed by atoms with Crippen molar-refractivity contribution in [1.82, 2.24) is 15.3 Å². The standard InChI is InChI=1S/C19H24N4O3/c1-25-16-8-7-13(9-17(16)26-2)10-21-18-12-20-15(11-22-18)19(24)23-14-5-3-4-6-14/h7-9,11-12,14H,3-6,10H2,1-2H3,(H,21,22)(H,23,24). The topological polar surface area (TPSA) is 85.4 Å². The zero-order chi connectivity index (χ0) is 18.4. The highest BCUT2D eigenvalue weighted by atomic mass is 16.5. The van der Waals surface area contributed by atoms with Gasteiger partial charge in [0.15, 0.2) is 11.5 Å². The maximum atomic E-state index is 12.2. The fourth-order valence-electron chi connectivity index (χ4n) is 3.05. The number of rotatable bonds is 7. The first-order valence-corrected chi connectivity index (χ1v) is 8.77. The summed E-state index contributed by atoms with van der Waals surface area (Å²) in [5.41, 5.74) is 1.36. The summed E-state index contributed by atoms with van der Waals surface area (Å²) in [5.74, 6) is 1.82. The van der Waals surface area contributed by atoms with E-state index in [0.29, 0.717) is 29.6 Å². The maximum Gasteiger partial charge on any atom is 0.271 e. The molecule has 1 aliphatic carbocycles. The number of methoxy groups -OCH3 is 2. The second-order valence-electron chi connectivity index (χ2n) is 6.28. The fraction of sp³-hybridized carbons (Fsp3) is 0.421. The molecule has 0 saturated heterocycles. The van der Waals surface area contributed by atoms with Crippen LogP contribution in [0.2, 0.25) is 0 Å². The van der Waals surface area contributed by atoms with Crippen molar-refractivity contribution in [3.05, 3.63) is 41.9 Å². The normalized spacial score (nSPS) is 14.1. The average molecular weight is 356 g/mol. The Kier molecular flexibility index (Phi) is 5.88. The highest BCUT2D eigenvalue weighted by molar-refractivity contribution is 5.92. The van der Waals surface area contributed by atoms with Crippen molar-refractivity contribution < 1.29 is 14.3 Å². The van der Waals surface area contributed by atoms with Gasteiger partial charge in [-0.25, -0.2) is 9.97 Å². The minimum Gasteiger partial charge on any atom is -0.493 e. The number of ether oxygens (including phenoxy) is 2. The van der Waals surface area contributed by atoms with E-state index in [4.69, 9.17) is 9.47 Å². The molecule has 0 atom stereocenters. The van der Waals surface area contributed by atoms with Gasteiger partial charge in [-0.2, -0.15) is 0 Å². The quantitative estimate of drug-likeness (QED) is 0.793. The summed E-state index contributed by atoms with van der Waals surface area (Å²) in [6.45, 7) is 0.558. The van der Waals surface area contributed by atoms with Crippen molar-refractivity contribution >= 4 is 11.7 Å². The molecule has 1 heterocycles. The van der Waals surface area contributed by atoms with E-state index in [0.717, 1.165) is 18.4 Å².